The molecule has 1 N–H and O–H groups in total. The Labute approximate surface area is 214 Å². The topological polar surface area (TPSA) is 38.7 Å². The lowest BCUT2D eigenvalue weighted by Crippen LogP contribution is -2.24. The highest BCUT2D eigenvalue weighted by molar-refractivity contribution is 6.04. The van der Waals surface area contributed by atoms with Crippen molar-refractivity contribution >= 4 is 35.1 Å². The monoisotopic (exact) mass is 478 g/mol. The average molecular weight is 479 g/mol. The number of aromatic hydroxyl groups is 1. The van der Waals surface area contributed by atoms with Gasteiger partial charge < -0.3 is 14.6 Å². The third-order valence-corrected chi connectivity index (χ3v) is 5.71. The summed E-state index contributed by atoms with van der Waals surface area (Å²) in [6.07, 6.45) is 7.59. The van der Waals surface area contributed by atoms with Crippen LogP contribution >= 0.6 is 0 Å². The summed E-state index contributed by atoms with van der Waals surface area (Å²) in [6.45, 7) is 11.4. The average Bonchev–Trinajstić information content (AvgIpc) is 3.34. The Kier molecular flexibility index (Phi) is 9.67. The maximum Gasteiger partial charge on any atom is 0.201 e. The summed E-state index contributed by atoms with van der Waals surface area (Å²) >= 11 is 0. The molecule has 1 atom stereocenters. The molecule has 4 aromatic rings. The van der Waals surface area contributed by atoms with Crippen molar-refractivity contribution in [1.82, 2.24) is 0 Å². The van der Waals surface area contributed by atoms with E-state index in [-0.39, 0.29) is 12.0 Å². The molecule has 0 aliphatic heterocycles. The van der Waals surface area contributed by atoms with Gasteiger partial charge in [-0.15, -0.1) is 0 Å². The van der Waals surface area contributed by atoms with Gasteiger partial charge in [0.25, 0.3) is 0 Å². The van der Waals surface area contributed by atoms with Gasteiger partial charge in [-0.2, -0.15) is 0 Å². The van der Waals surface area contributed by atoms with E-state index in [0.717, 1.165) is 16.9 Å². The van der Waals surface area contributed by atoms with E-state index in [1.165, 1.54) is 21.9 Å². The Morgan fingerprint density at radius 1 is 0.750 bits per heavy atom. The number of methoxy groups -OCH3 is 1. The first-order valence-electron chi connectivity index (χ1n) is 12.0. The lowest BCUT2D eigenvalue weighted by Gasteiger charge is -2.20. The normalized spacial score (nSPS) is 11.7. The number of hydrogen-bond donors (Lipinski definition) is 1. The maximum absolute atomic E-state index is 9.04. The highest BCUT2D eigenvalue weighted by atomic mass is 16.7. The molecular weight excluding hydrogens is 444 g/mol. The Balaban J connectivity index is 0.000000155. The fraction of sp³-hybridized carbons (Fsp3) is 0.152. The van der Waals surface area contributed by atoms with Crippen molar-refractivity contribution in [2.45, 2.75) is 20.1 Å². The van der Waals surface area contributed by atoms with Gasteiger partial charge >= 0.3 is 0 Å². The van der Waals surface area contributed by atoms with Gasteiger partial charge in [-0.1, -0.05) is 118 Å². The second kappa shape index (κ2) is 13.1. The standard InChI is InChI=1S/C13H18O2.C12H8.C8H8O/c1-5-11-6-8-12(9-7-11)15-13(14-4)10(2)3;1-3-9-4-2-6-11-8-7-10(5-1)12(9)11;1-2-7-5-3-4-6-8(7)9/h5-10,13H,1H2,2-4H3;1-8H;2-6,9H,1H2. The summed E-state index contributed by atoms with van der Waals surface area (Å²) in [5.41, 5.74) is 4.56. The third-order valence-electron chi connectivity index (χ3n) is 5.71. The molecule has 1 aliphatic rings. The molecule has 0 saturated heterocycles. The zero-order valence-corrected chi connectivity index (χ0v) is 21.2. The molecule has 1 unspecified atom stereocenters. The van der Waals surface area contributed by atoms with Crippen LogP contribution in [0, 0.1) is 5.92 Å². The van der Waals surface area contributed by atoms with Crippen LogP contribution in [0.15, 0.2) is 98.1 Å². The highest BCUT2D eigenvalue weighted by Gasteiger charge is 2.13. The van der Waals surface area contributed by atoms with Gasteiger partial charge in [0.05, 0.1) is 0 Å². The summed E-state index contributed by atoms with van der Waals surface area (Å²) in [4.78, 5) is 0. The molecular formula is C33H34O3. The van der Waals surface area contributed by atoms with Crippen LogP contribution in [0.1, 0.15) is 36.1 Å². The quantitative estimate of drug-likeness (QED) is 0.248. The maximum atomic E-state index is 9.04. The number of benzene rings is 4. The molecule has 3 heteroatoms. The molecule has 0 fully saturated rings. The van der Waals surface area contributed by atoms with E-state index in [9.17, 15) is 0 Å². The fourth-order valence-electron chi connectivity index (χ4n) is 3.79. The predicted octanol–water partition coefficient (Wildman–Crippen LogP) is 8.70. The van der Waals surface area contributed by atoms with Crippen LogP contribution in [-0.4, -0.2) is 18.5 Å². The van der Waals surface area contributed by atoms with E-state index < -0.39 is 0 Å². The number of para-hydroxylation sites is 1. The van der Waals surface area contributed by atoms with Crippen LogP contribution in [0.4, 0.5) is 0 Å². The molecule has 36 heavy (non-hydrogen) atoms. The van der Waals surface area contributed by atoms with Crippen molar-refractivity contribution in [2.75, 3.05) is 7.11 Å². The first-order chi connectivity index (χ1) is 17.5. The van der Waals surface area contributed by atoms with Gasteiger partial charge in [-0.05, 0) is 45.7 Å². The molecule has 5 rings (SSSR count). The van der Waals surface area contributed by atoms with Crippen LogP contribution < -0.4 is 4.74 Å². The summed E-state index contributed by atoms with van der Waals surface area (Å²) < 4.78 is 10.9. The first kappa shape index (κ1) is 26.5. The molecule has 0 saturated carbocycles. The van der Waals surface area contributed by atoms with Crippen molar-refractivity contribution in [3.05, 3.63) is 120 Å². The van der Waals surface area contributed by atoms with Gasteiger partial charge in [-0.3, -0.25) is 0 Å². The van der Waals surface area contributed by atoms with Gasteiger partial charge in [0.2, 0.25) is 6.29 Å². The molecule has 1 aliphatic carbocycles. The summed E-state index contributed by atoms with van der Waals surface area (Å²) in [5, 5.41) is 11.8. The first-order valence-corrected chi connectivity index (χ1v) is 12.0. The SMILES string of the molecule is C1=Cc2cccc3cccc1c23.C=Cc1ccc(OC(OC)C(C)C)cc1.C=Cc1ccccc1O. The number of ether oxygens (including phenoxy) is 2. The van der Waals surface area contributed by atoms with Gasteiger partial charge in [0.15, 0.2) is 0 Å². The smallest absolute Gasteiger partial charge is 0.201 e. The summed E-state index contributed by atoms with van der Waals surface area (Å²) in [5.74, 6) is 1.43. The zero-order chi connectivity index (χ0) is 25.9. The molecule has 184 valence electrons. The summed E-state index contributed by atoms with van der Waals surface area (Å²) in [6, 6.07) is 27.7. The van der Waals surface area contributed by atoms with Gasteiger partial charge in [0, 0.05) is 18.6 Å². The molecule has 3 nitrogen and oxygen atoms in total. The summed E-state index contributed by atoms with van der Waals surface area (Å²) in [7, 11) is 1.66. The Hall–Kier alpha value is -4.08. The van der Waals surface area contributed by atoms with E-state index >= 15 is 0 Å². The van der Waals surface area contributed by atoms with Crippen molar-refractivity contribution in [2.24, 2.45) is 5.92 Å². The van der Waals surface area contributed by atoms with E-state index in [1.54, 1.807) is 31.4 Å². The minimum Gasteiger partial charge on any atom is -0.507 e. The van der Waals surface area contributed by atoms with Crippen LogP contribution in [0.5, 0.6) is 11.5 Å². The Morgan fingerprint density at radius 2 is 1.36 bits per heavy atom. The van der Waals surface area contributed by atoms with E-state index in [2.05, 4.69) is 75.6 Å². The van der Waals surface area contributed by atoms with Crippen molar-refractivity contribution in [3.8, 4) is 11.5 Å². The Morgan fingerprint density at radius 3 is 1.83 bits per heavy atom. The minimum atomic E-state index is -0.195. The van der Waals surface area contributed by atoms with Crippen molar-refractivity contribution in [3.63, 3.8) is 0 Å². The Bertz CT molecular complexity index is 1280. The predicted molar refractivity (Wildman–Crippen MR) is 154 cm³/mol. The zero-order valence-electron chi connectivity index (χ0n) is 21.2. The number of rotatable bonds is 6. The van der Waals surface area contributed by atoms with Gasteiger partial charge in [-0.25, -0.2) is 0 Å². The second-order valence-electron chi connectivity index (χ2n) is 8.63. The molecule has 0 amide bonds. The van der Waals surface area contributed by atoms with Crippen molar-refractivity contribution in [1.29, 1.82) is 0 Å². The highest BCUT2D eigenvalue weighted by Crippen LogP contribution is 2.30. The van der Waals surface area contributed by atoms with Crippen LogP contribution in [0.25, 0.3) is 35.1 Å². The van der Waals surface area contributed by atoms with Gasteiger partial charge in [0.1, 0.15) is 11.5 Å². The number of phenolic OH excluding ortho intramolecular Hbond substituents is 1. The number of phenols is 1. The van der Waals surface area contributed by atoms with E-state index in [4.69, 9.17) is 14.6 Å². The number of hydrogen-bond acceptors (Lipinski definition) is 3. The second-order valence-corrected chi connectivity index (χ2v) is 8.63. The molecule has 4 aromatic carbocycles. The molecule has 0 bridgehead atoms. The third kappa shape index (κ3) is 6.97. The van der Waals surface area contributed by atoms with Crippen molar-refractivity contribution < 1.29 is 14.6 Å². The lowest BCUT2D eigenvalue weighted by molar-refractivity contribution is -0.0833. The van der Waals surface area contributed by atoms with Crippen LogP contribution in [0.3, 0.4) is 0 Å². The fourth-order valence-corrected chi connectivity index (χ4v) is 3.79. The molecule has 0 aromatic heterocycles. The largest absolute Gasteiger partial charge is 0.507 e. The molecule has 0 radical (unpaired) electrons. The minimum absolute atomic E-state index is 0.195. The van der Waals surface area contributed by atoms with Crippen LogP contribution in [0.2, 0.25) is 0 Å². The lowest BCUT2D eigenvalue weighted by atomic mass is 10.0. The van der Waals surface area contributed by atoms with E-state index in [1.807, 2.05) is 36.4 Å². The molecule has 0 spiro atoms. The van der Waals surface area contributed by atoms with Crippen LogP contribution in [-0.2, 0) is 4.74 Å². The van der Waals surface area contributed by atoms with E-state index in [0.29, 0.717) is 5.92 Å². The molecule has 0 heterocycles.